The second-order valence-electron chi connectivity index (χ2n) is 4.12. The first-order valence-corrected chi connectivity index (χ1v) is 7.38. The molecule has 0 spiro atoms. The number of benzene rings is 1. The number of hydrogen-bond acceptors (Lipinski definition) is 4. The lowest BCUT2D eigenvalue weighted by Gasteiger charge is -2.08. The Morgan fingerprint density at radius 2 is 2.19 bits per heavy atom. The minimum absolute atomic E-state index is 0.000746. The highest BCUT2D eigenvalue weighted by atomic mass is 32.2. The van der Waals surface area contributed by atoms with Crippen LogP contribution in [-0.4, -0.2) is 35.8 Å². The normalized spacial score (nSPS) is 11.5. The highest BCUT2D eigenvalue weighted by molar-refractivity contribution is 7.89. The lowest BCUT2D eigenvalue weighted by Crippen LogP contribution is -2.28. The van der Waals surface area contributed by atoms with Crippen LogP contribution in [0.15, 0.2) is 41.6 Å². The molecule has 2 N–H and O–H groups in total. The number of carbonyl (C=O) groups is 1. The zero-order valence-corrected chi connectivity index (χ0v) is 11.5. The maximum Gasteiger partial charge on any atom is 0.335 e. The summed E-state index contributed by atoms with van der Waals surface area (Å²) in [6.07, 6.45) is 3.20. The summed E-state index contributed by atoms with van der Waals surface area (Å²) >= 11 is 0. The van der Waals surface area contributed by atoms with Gasteiger partial charge in [0.15, 0.2) is 0 Å². The predicted molar refractivity (Wildman–Crippen MR) is 70.8 cm³/mol. The summed E-state index contributed by atoms with van der Waals surface area (Å²) in [7, 11) is -4.13. The van der Waals surface area contributed by atoms with Crippen LogP contribution in [0.25, 0.3) is 0 Å². The number of aromatic nitrogens is 2. The third-order valence-corrected chi connectivity index (χ3v) is 4.14. The number of nitrogens with one attached hydrogen (secondary N) is 1. The van der Waals surface area contributed by atoms with E-state index in [9.17, 15) is 17.6 Å². The molecular weight excluding hydrogens is 301 g/mol. The Hall–Kier alpha value is -2.26. The van der Waals surface area contributed by atoms with Crippen LogP contribution in [0.5, 0.6) is 0 Å². The van der Waals surface area contributed by atoms with Gasteiger partial charge in [0, 0.05) is 18.9 Å². The Morgan fingerprint density at radius 1 is 1.43 bits per heavy atom. The SMILES string of the molecule is O=C(O)c1ccc(F)c(S(=O)(=O)NCCn2cccn2)c1. The summed E-state index contributed by atoms with van der Waals surface area (Å²) < 4.78 is 41.3. The van der Waals surface area contributed by atoms with E-state index in [2.05, 4.69) is 9.82 Å². The Morgan fingerprint density at radius 3 is 2.81 bits per heavy atom. The highest BCUT2D eigenvalue weighted by Gasteiger charge is 2.20. The Kier molecular flexibility index (Phi) is 4.34. The third-order valence-electron chi connectivity index (χ3n) is 2.66. The van der Waals surface area contributed by atoms with E-state index in [0.29, 0.717) is 0 Å². The van der Waals surface area contributed by atoms with Gasteiger partial charge in [-0.05, 0) is 24.3 Å². The van der Waals surface area contributed by atoms with E-state index in [1.807, 2.05) is 0 Å². The number of rotatable bonds is 6. The van der Waals surface area contributed by atoms with Gasteiger partial charge in [-0.15, -0.1) is 0 Å². The Labute approximate surface area is 120 Å². The monoisotopic (exact) mass is 313 g/mol. The molecule has 0 amide bonds. The van der Waals surface area contributed by atoms with E-state index in [1.54, 1.807) is 18.5 Å². The van der Waals surface area contributed by atoms with Crippen molar-refractivity contribution in [1.82, 2.24) is 14.5 Å². The summed E-state index contributed by atoms with van der Waals surface area (Å²) in [6.45, 7) is 0.271. The van der Waals surface area contributed by atoms with Crippen molar-refractivity contribution in [1.29, 1.82) is 0 Å². The molecule has 7 nitrogen and oxygen atoms in total. The molecule has 9 heteroatoms. The van der Waals surface area contributed by atoms with Crippen LogP contribution in [-0.2, 0) is 16.6 Å². The minimum atomic E-state index is -4.13. The van der Waals surface area contributed by atoms with Crippen LogP contribution in [0, 0.1) is 5.82 Å². The second kappa shape index (κ2) is 6.02. The van der Waals surface area contributed by atoms with Gasteiger partial charge in [-0.1, -0.05) is 0 Å². The molecular formula is C12H12FN3O4S. The number of sulfonamides is 1. The van der Waals surface area contributed by atoms with Crippen molar-refractivity contribution in [3.8, 4) is 0 Å². The summed E-state index contributed by atoms with van der Waals surface area (Å²) in [4.78, 5) is 10.1. The van der Waals surface area contributed by atoms with E-state index in [4.69, 9.17) is 5.11 Å². The van der Waals surface area contributed by atoms with Gasteiger partial charge in [-0.25, -0.2) is 22.3 Å². The number of aromatic carboxylic acids is 1. The first-order chi connectivity index (χ1) is 9.90. The van der Waals surface area contributed by atoms with Crippen molar-refractivity contribution >= 4 is 16.0 Å². The van der Waals surface area contributed by atoms with Gasteiger partial charge in [-0.2, -0.15) is 5.10 Å². The Bertz CT molecular complexity index is 744. The van der Waals surface area contributed by atoms with Crippen LogP contribution in [0.3, 0.4) is 0 Å². The quantitative estimate of drug-likeness (QED) is 0.817. The number of carboxylic acids is 1. The molecule has 0 fully saturated rings. The van der Waals surface area contributed by atoms with E-state index in [1.165, 1.54) is 4.68 Å². The van der Waals surface area contributed by atoms with Gasteiger partial charge in [0.1, 0.15) is 10.7 Å². The van der Waals surface area contributed by atoms with Crippen LogP contribution in [0.1, 0.15) is 10.4 Å². The molecule has 21 heavy (non-hydrogen) atoms. The maximum atomic E-state index is 13.6. The van der Waals surface area contributed by atoms with Crippen molar-refractivity contribution in [2.24, 2.45) is 0 Å². The molecule has 112 valence electrons. The molecule has 0 atom stereocenters. The molecule has 1 aromatic heterocycles. The zero-order valence-electron chi connectivity index (χ0n) is 10.7. The van der Waals surface area contributed by atoms with Crippen LogP contribution >= 0.6 is 0 Å². The largest absolute Gasteiger partial charge is 0.478 e. The highest BCUT2D eigenvalue weighted by Crippen LogP contribution is 2.16. The van der Waals surface area contributed by atoms with E-state index < -0.39 is 26.7 Å². The fourth-order valence-corrected chi connectivity index (χ4v) is 2.77. The van der Waals surface area contributed by atoms with Crippen LogP contribution < -0.4 is 4.72 Å². The molecule has 2 rings (SSSR count). The van der Waals surface area contributed by atoms with Crippen molar-refractivity contribution in [3.05, 3.63) is 48.0 Å². The predicted octanol–water partition coefficient (Wildman–Crippen LogP) is 0.699. The van der Waals surface area contributed by atoms with E-state index >= 15 is 0 Å². The average Bonchev–Trinajstić information content (AvgIpc) is 2.91. The molecule has 0 saturated heterocycles. The molecule has 0 bridgehead atoms. The van der Waals surface area contributed by atoms with Gasteiger partial charge in [0.2, 0.25) is 10.0 Å². The number of carboxylic acid groups (broad SMARTS) is 1. The van der Waals surface area contributed by atoms with Gasteiger partial charge >= 0.3 is 5.97 Å². The lowest BCUT2D eigenvalue weighted by atomic mass is 10.2. The summed E-state index contributed by atoms with van der Waals surface area (Å²) in [5, 5.41) is 12.7. The zero-order chi connectivity index (χ0) is 15.5. The fraction of sp³-hybridized carbons (Fsp3) is 0.167. The number of nitrogens with zero attached hydrogens (tertiary/aromatic N) is 2. The topological polar surface area (TPSA) is 101 Å². The minimum Gasteiger partial charge on any atom is -0.478 e. The van der Waals surface area contributed by atoms with Gasteiger partial charge in [0.25, 0.3) is 0 Å². The molecule has 0 radical (unpaired) electrons. The average molecular weight is 313 g/mol. The number of hydrogen-bond donors (Lipinski definition) is 2. The van der Waals surface area contributed by atoms with Crippen molar-refractivity contribution in [2.75, 3.05) is 6.54 Å². The molecule has 0 aliphatic rings. The summed E-state index contributed by atoms with van der Waals surface area (Å²) in [5.41, 5.74) is -0.302. The van der Waals surface area contributed by atoms with Crippen molar-refractivity contribution in [2.45, 2.75) is 11.4 Å². The van der Waals surface area contributed by atoms with Crippen LogP contribution in [0.2, 0.25) is 0 Å². The Balaban J connectivity index is 2.15. The molecule has 2 aromatic rings. The third kappa shape index (κ3) is 3.64. The van der Waals surface area contributed by atoms with Crippen molar-refractivity contribution in [3.63, 3.8) is 0 Å². The first-order valence-electron chi connectivity index (χ1n) is 5.90. The van der Waals surface area contributed by atoms with Crippen LogP contribution in [0.4, 0.5) is 4.39 Å². The molecule has 1 aromatic carbocycles. The number of halogens is 1. The lowest BCUT2D eigenvalue weighted by molar-refractivity contribution is 0.0696. The molecule has 0 saturated carbocycles. The fourth-order valence-electron chi connectivity index (χ4n) is 1.65. The standard InChI is InChI=1S/C12H12FN3O4S/c13-10-3-2-9(12(17)18)8-11(10)21(19,20)15-5-7-16-6-1-4-14-16/h1-4,6,8,15H,5,7H2,(H,17,18). The summed E-state index contributed by atoms with van der Waals surface area (Å²) in [6, 6.07) is 4.28. The second-order valence-corrected chi connectivity index (χ2v) is 5.85. The molecule has 0 unspecified atom stereocenters. The van der Waals surface area contributed by atoms with Crippen molar-refractivity contribution < 1.29 is 22.7 Å². The summed E-state index contributed by atoms with van der Waals surface area (Å²) in [5.74, 6) is -2.34. The first kappa shape index (κ1) is 15.1. The van der Waals surface area contributed by atoms with Gasteiger partial charge in [-0.3, -0.25) is 4.68 Å². The molecule has 0 aliphatic heterocycles. The molecule has 0 aliphatic carbocycles. The molecule has 1 heterocycles. The van der Waals surface area contributed by atoms with Gasteiger partial charge in [0.05, 0.1) is 12.1 Å². The van der Waals surface area contributed by atoms with E-state index in [-0.39, 0.29) is 18.7 Å². The maximum absolute atomic E-state index is 13.6. The van der Waals surface area contributed by atoms with Gasteiger partial charge < -0.3 is 5.11 Å². The van der Waals surface area contributed by atoms with E-state index in [0.717, 1.165) is 18.2 Å². The smallest absolute Gasteiger partial charge is 0.335 e.